The number of carboxylic acids is 2. The number of ether oxygens (including phenoxy) is 6. The number of pyridine rings is 1. The van der Waals surface area contributed by atoms with Crippen molar-refractivity contribution in [1.82, 2.24) is 84.6 Å². The van der Waals surface area contributed by atoms with Crippen molar-refractivity contribution >= 4 is 137 Å². The Morgan fingerprint density at radius 3 is 1.33 bits per heavy atom. The number of amides is 4. The molecule has 147 heavy (non-hydrogen) atoms. The number of carboxylic acid groups (broad SMARTS) is 2. The molecule has 0 spiro atoms. The van der Waals surface area contributed by atoms with Crippen molar-refractivity contribution in [1.29, 1.82) is 0 Å². The van der Waals surface area contributed by atoms with Gasteiger partial charge in [-0.1, -0.05) is 66.7 Å². The van der Waals surface area contributed by atoms with Crippen LogP contribution in [-0.2, 0) is 111 Å². The van der Waals surface area contributed by atoms with Crippen LogP contribution in [-0.4, -0.2) is 292 Å². The minimum atomic E-state index is -4.55. The van der Waals surface area contributed by atoms with Crippen LogP contribution < -0.4 is 56.2 Å². The molecule has 16 N–H and O–H groups in total. The van der Waals surface area contributed by atoms with Gasteiger partial charge in [-0.15, -0.1) is 0 Å². The number of aryl methyl sites for hydroxylation is 2. The van der Waals surface area contributed by atoms with Crippen LogP contribution in [0.25, 0.3) is 44.1 Å². The van der Waals surface area contributed by atoms with Crippen LogP contribution in [0.1, 0.15) is 88.0 Å². The van der Waals surface area contributed by atoms with Crippen molar-refractivity contribution in [3.8, 4) is 22.3 Å². The van der Waals surface area contributed by atoms with Gasteiger partial charge in [0, 0.05) is 150 Å². The maximum atomic E-state index is 13.7. The predicted molar refractivity (Wildman–Crippen MR) is 539 cm³/mol. The smallest absolute Gasteiger partial charge is 0.329 e. The van der Waals surface area contributed by atoms with Gasteiger partial charge in [0.15, 0.2) is 23.7 Å². The standard InChI is InChI=1S/C95H113N21O26S5/c117-86(96-37-5-47-137-51-55-141-57-53-139-49-7-39-109-143(126,127)76-22-11-66(12-23-76)68-15-26-78(27-16-68)145(130,131)113-81(92(122)123)65-105-89(119)71-20-32-83-75(60-71)64-108-116(83)46-4-36-99-95-102-43-44-103-95)34-30-80(111-90(120)73-21-33-85(104-61-73)112-106-62-72-9-1-2-10-84(72)147(134,135)136)91(121)97-38-6-48-138-52-56-142-58-54-140-50-8-40-110-144(128,129)77-24-13-67(14-25-77)69-17-28-79(29-18-69)146(132,133)114-87(93(124)125)88(118)70-19-31-82-74(59-70)63-107-115(82)45-3-35-98-94-100-41-42-101-94/h1-2,9-29,31-33,41-44,59-64,80-81,87,109-110,113-114H,3-8,30,34-40,45-58,65H2,(H,96,117)(H,97,121)(H,104,112)(H,105,119)(H,111,120)(H,122,123)(H,124,125)(H2,98,100,101)(H2,99,102,103)(H,134,135,136)/b106-62+. The molecular formula is C95H113N21O26S5. The van der Waals surface area contributed by atoms with Gasteiger partial charge in [0.25, 0.3) is 21.9 Å². The number of aromatic nitrogens is 9. The van der Waals surface area contributed by atoms with Crippen LogP contribution in [0.2, 0.25) is 0 Å². The molecule has 5 aromatic heterocycles. The second-order valence-corrected chi connectivity index (χ2v) is 41.1. The molecule has 0 fully saturated rings. The number of sulfonamides is 4. The van der Waals surface area contributed by atoms with Crippen LogP contribution in [0, 0.1) is 0 Å². The van der Waals surface area contributed by atoms with Crippen LogP contribution >= 0.6 is 0 Å². The molecule has 4 amide bonds. The van der Waals surface area contributed by atoms with Crippen molar-refractivity contribution in [2.24, 2.45) is 5.10 Å². The first-order chi connectivity index (χ1) is 70.8. The predicted octanol–water partition coefficient (Wildman–Crippen LogP) is 5.76. The number of nitrogens with one attached hydrogen (secondary N) is 13. The number of H-pyrrole nitrogens is 2. The first kappa shape index (κ1) is 112. The highest BCUT2D eigenvalue weighted by molar-refractivity contribution is 7.90. The summed E-state index contributed by atoms with van der Waals surface area (Å²) >= 11 is 0. The molecule has 0 radical (unpaired) electrons. The van der Waals surface area contributed by atoms with Gasteiger partial charge >= 0.3 is 11.9 Å². The molecule has 47 nitrogen and oxygen atoms in total. The fourth-order valence-electron chi connectivity index (χ4n) is 14.4. The van der Waals surface area contributed by atoms with Crippen LogP contribution in [0.3, 0.4) is 0 Å². The van der Waals surface area contributed by atoms with E-state index >= 15 is 0 Å². The summed E-state index contributed by atoms with van der Waals surface area (Å²) in [5, 5.41) is 51.1. The third kappa shape index (κ3) is 34.8. The molecule has 7 aromatic carbocycles. The van der Waals surface area contributed by atoms with E-state index < -0.39 is 116 Å². The summed E-state index contributed by atoms with van der Waals surface area (Å²) in [7, 11) is -21.4. The number of aromatic amines is 2. The van der Waals surface area contributed by atoms with Crippen LogP contribution in [0.5, 0.6) is 0 Å². The summed E-state index contributed by atoms with van der Waals surface area (Å²) in [6.07, 6.45) is 14.8. The number of imidazole rings is 2. The van der Waals surface area contributed by atoms with E-state index in [9.17, 15) is 90.4 Å². The highest BCUT2D eigenvalue weighted by atomic mass is 32.2. The highest BCUT2D eigenvalue weighted by Gasteiger charge is 2.34. The van der Waals surface area contributed by atoms with Crippen molar-refractivity contribution < 1.29 is 119 Å². The fraction of sp³-hybridized carbons (Fsp3) is 0.337. The Bertz CT molecular complexity index is 7020. The van der Waals surface area contributed by atoms with E-state index in [4.69, 9.17) is 28.4 Å². The topological polar surface area (TPSA) is 657 Å². The number of hydrogen-bond donors (Lipinski definition) is 16. The third-order valence-electron chi connectivity index (χ3n) is 22.1. The van der Waals surface area contributed by atoms with Crippen LogP contribution in [0.4, 0.5) is 17.7 Å². The van der Waals surface area contributed by atoms with Gasteiger partial charge < -0.3 is 80.5 Å². The van der Waals surface area contributed by atoms with E-state index in [0.29, 0.717) is 109 Å². The van der Waals surface area contributed by atoms with E-state index in [1.165, 1.54) is 128 Å². The van der Waals surface area contributed by atoms with E-state index in [2.05, 4.69) is 91.7 Å². The lowest BCUT2D eigenvalue weighted by atomic mass is 10.0. The first-order valence-electron chi connectivity index (χ1n) is 46.5. The van der Waals surface area contributed by atoms with Crippen LogP contribution in [0.15, 0.2) is 243 Å². The highest BCUT2D eigenvalue weighted by Crippen LogP contribution is 2.28. The molecule has 3 atom stereocenters. The molecule has 0 aliphatic heterocycles. The zero-order chi connectivity index (χ0) is 105. The molecule has 784 valence electrons. The Kier molecular flexibility index (Phi) is 42.1. The molecule has 12 aromatic rings. The van der Waals surface area contributed by atoms with Gasteiger partial charge in [-0.05, 0) is 170 Å². The number of nitrogens with zero attached hydrogens (tertiary/aromatic N) is 8. The number of aliphatic carboxylic acids is 2. The number of Topliss-reactive ketones (excluding diaryl/α,β-unsaturated/α-hetero) is 1. The molecule has 0 bridgehead atoms. The van der Waals surface area contributed by atoms with Gasteiger partial charge in [-0.3, -0.25) is 48.1 Å². The molecule has 0 saturated carbocycles. The largest absolute Gasteiger partial charge is 0.480 e. The Morgan fingerprint density at radius 1 is 0.429 bits per heavy atom. The lowest BCUT2D eigenvalue weighted by Crippen LogP contribution is -2.48. The molecule has 0 aliphatic rings. The monoisotopic (exact) mass is 2120 g/mol. The van der Waals surface area contributed by atoms with Crippen molar-refractivity contribution in [3.05, 3.63) is 235 Å². The number of benzene rings is 7. The average Bonchev–Trinajstić information content (AvgIpc) is 1.71. The third-order valence-corrected chi connectivity index (χ3v) is 28.9. The fourth-order valence-corrected chi connectivity index (χ4v) is 19.6. The quantitative estimate of drug-likeness (QED) is 0.00537. The molecule has 52 heteroatoms. The van der Waals surface area contributed by atoms with Gasteiger partial charge in [0.2, 0.25) is 51.9 Å². The average molecular weight is 2130 g/mol. The normalized spacial score (nSPS) is 12.6. The molecule has 12 rings (SSSR count). The van der Waals surface area contributed by atoms with E-state index in [-0.39, 0.29) is 171 Å². The lowest BCUT2D eigenvalue weighted by Gasteiger charge is -2.18. The maximum absolute atomic E-state index is 13.7. The summed E-state index contributed by atoms with van der Waals surface area (Å²) in [4.78, 5) is 109. The Hall–Kier alpha value is -14.1. The Labute approximate surface area is 846 Å². The van der Waals surface area contributed by atoms with Gasteiger partial charge in [0.1, 0.15) is 22.8 Å². The van der Waals surface area contributed by atoms with Gasteiger partial charge in [0.05, 0.1) is 108 Å². The molecule has 5 heterocycles. The number of ketones is 1. The van der Waals surface area contributed by atoms with Crippen molar-refractivity contribution in [2.45, 2.75) is 107 Å². The van der Waals surface area contributed by atoms with Crippen molar-refractivity contribution in [3.63, 3.8) is 0 Å². The number of carbonyl (C=O) groups is 7. The Balaban J connectivity index is 0.483. The van der Waals surface area contributed by atoms with Gasteiger partial charge in [-0.25, -0.2) is 62.9 Å². The summed E-state index contributed by atoms with van der Waals surface area (Å²) in [5.74, 6) is -5.07. The number of rotatable bonds is 67. The number of anilines is 3. The minimum Gasteiger partial charge on any atom is -0.480 e. The number of carbonyl (C=O) groups excluding carboxylic acids is 5. The summed E-state index contributed by atoms with van der Waals surface area (Å²) in [6.45, 7) is 4.94. The van der Waals surface area contributed by atoms with Crippen molar-refractivity contribution in [2.75, 3.05) is 141 Å². The van der Waals surface area contributed by atoms with E-state index in [1.54, 1.807) is 94.9 Å². The molecule has 0 aliphatic carbocycles. The summed E-state index contributed by atoms with van der Waals surface area (Å²) in [5.41, 5.74) is 6.55. The molecule has 3 unspecified atom stereocenters. The summed E-state index contributed by atoms with van der Waals surface area (Å²) in [6, 6.07) is 35.4. The SMILES string of the molecule is O=C(CCC(NC(=O)c1ccc(N/N=C/c2ccccc2S(=O)(=O)O)nc1)C(=O)NCCCOCCOCCOCCCNS(=O)(=O)c1ccc(-c2ccc(S(=O)(=O)NC(C(=O)O)C(=O)c3ccc4c(cnn4CCCNc4ncc[nH]4)c3)cc2)cc1)NCCCOCCOCCOCCCNS(=O)(=O)c1ccc(-c2ccc(S(=O)(=O)NC(CNC(=O)c3ccc4c(cnn4CCCNc4ncc[nH]4)c3)C(=O)O)cc2)cc1. The second-order valence-electron chi connectivity index (χ2n) is 32.7. The van der Waals surface area contributed by atoms with Gasteiger partial charge in [-0.2, -0.15) is 33.2 Å². The number of fused-ring (bicyclic) bond motifs is 2. The van der Waals surface area contributed by atoms with E-state index in [0.717, 1.165) is 18.2 Å². The first-order valence-corrected chi connectivity index (χ1v) is 53.9. The molecule has 0 saturated heterocycles. The number of hydrazone groups is 1. The van der Waals surface area contributed by atoms with E-state index in [1.807, 2.05) is 4.72 Å². The summed E-state index contributed by atoms with van der Waals surface area (Å²) < 4.78 is 186. The lowest BCUT2D eigenvalue weighted by molar-refractivity contribution is -0.139. The zero-order valence-corrected chi connectivity index (χ0v) is 83.5. The molecular weight excluding hydrogens is 2010 g/mol. The minimum absolute atomic E-state index is 0.0176. The maximum Gasteiger partial charge on any atom is 0.329 e. The zero-order valence-electron chi connectivity index (χ0n) is 79.4. The second kappa shape index (κ2) is 55.5. The Morgan fingerprint density at radius 2 is 0.871 bits per heavy atom. The number of hydrogen-bond acceptors (Lipinski definition) is 32.